The van der Waals surface area contributed by atoms with Gasteiger partial charge in [0.25, 0.3) is 5.56 Å². The molecule has 1 unspecified atom stereocenters. The number of likely N-dealkylation sites (tertiary alicyclic amines) is 1. The number of hydrogen-bond donors (Lipinski definition) is 1. The van der Waals surface area contributed by atoms with Crippen molar-refractivity contribution in [1.82, 2.24) is 20.0 Å². The summed E-state index contributed by atoms with van der Waals surface area (Å²) in [6.07, 6.45) is 5.33. The molecule has 1 aromatic carbocycles. The van der Waals surface area contributed by atoms with Crippen LogP contribution in [0.2, 0.25) is 0 Å². The van der Waals surface area contributed by atoms with Crippen molar-refractivity contribution >= 4 is 10.9 Å². The van der Waals surface area contributed by atoms with Crippen molar-refractivity contribution < 1.29 is 4.52 Å². The molecule has 6 nitrogen and oxygen atoms in total. The van der Waals surface area contributed by atoms with E-state index in [1.807, 2.05) is 24.3 Å². The number of rotatable bonds is 3. The Morgan fingerprint density at radius 2 is 2.16 bits per heavy atom. The fourth-order valence-electron chi connectivity index (χ4n) is 4.19. The molecule has 0 saturated carbocycles. The maximum Gasteiger partial charge on any atom is 0.258 e. The summed E-state index contributed by atoms with van der Waals surface area (Å²) >= 11 is 0. The third-order valence-electron chi connectivity index (χ3n) is 5.44. The van der Waals surface area contributed by atoms with E-state index in [9.17, 15) is 4.79 Å². The van der Waals surface area contributed by atoms with Crippen molar-refractivity contribution in [3.05, 3.63) is 57.5 Å². The summed E-state index contributed by atoms with van der Waals surface area (Å²) in [5.41, 5.74) is 3.05. The number of benzene rings is 1. The van der Waals surface area contributed by atoms with E-state index in [2.05, 4.69) is 15.0 Å². The minimum absolute atomic E-state index is 0.0604. The van der Waals surface area contributed by atoms with Crippen LogP contribution >= 0.6 is 0 Å². The zero-order chi connectivity index (χ0) is 16.8. The summed E-state index contributed by atoms with van der Waals surface area (Å²) in [5.74, 6) is 1.82. The number of fused-ring (bicyclic) bond motifs is 2. The van der Waals surface area contributed by atoms with Gasteiger partial charge in [0.05, 0.1) is 16.9 Å². The SMILES string of the molecule is O=c1[nH]c(C2CCCN2Cc2noc3c2CCC3)nc2ccccc12. The molecule has 5 rings (SSSR count). The predicted molar refractivity (Wildman–Crippen MR) is 93.3 cm³/mol. The first kappa shape index (κ1) is 14.8. The molecule has 0 amide bonds. The molecule has 1 atom stereocenters. The van der Waals surface area contributed by atoms with E-state index in [1.165, 1.54) is 5.56 Å². The lowest BCUT2D eigenvalue weighted by atomic mass is 10.1. The first-order valence-electron chi connectivity index (χ1n) is 8.99. The van der Waals surface area contributed by atoms with Gasteiger partial charge in [-0.25, -0.2) is 4.98 Å². The molecule has 0 spiro atoms. The Balaban J connectivity index is 1.47. The van der Waals surface area contributed by atoms with E-state index in [4.69, 9.17) is 9.51 Å². The number of hydrogen-bond acceptors (Lipinski definition) is 5. The van der Waals surface area contributed by atoms with E-state index in [-0.39, 0.29) is 11.6 Å². The predicted octanol–water partition coefficient (Wildman–Crippen LogP) is 2.74. The van der Waals surface area contributed by atoms with Crippen molar-refractivity contribution in [2.24, 2.45) is 0 Å². The summed E-state index contributed by atoms with van der Waals surface area (Å²) in [4.78, 5) is 22.5. The van der Waals surface area contributed by atoms with Gasteiger partial charge in [0, 0.05) is 18.5 Å². The zero-order valence-electron chi connectivity index (χ0n) is 14.0. The number of para-hydroxylation sites is 1. The molecule has 2 aliphatic rings. The van der Waals surface area contributed by atoms with Crippen molar-refractivity contribution in [2.75, 3.05) is 6.54 Å². The van der Waals surface area contributed by atoms with Crippen LogP contribution < -0.4 is 5.56 Å². The molecule has 128 valence electrons. The first-order chi connectivity index (χ1) is 12.3. The second kappa shape index (κ2) is 5.81. The van der Waals surface area contributed by atoms with Gasteiger partial charge >= 0.3 is 0 Å². The van der Waals surface area contributed by atoms with Gasteiger partial charge in [0.15, 0.2) is 0 Å². The Labute approximate surface area is 144 Å². The molecule has 1 N–H and O–H groups in total. The fraction of sp³-hybridized carbons (Fsp3) is 0.421. The molecule has 1 saturated heterocycles. The standard InChI is InChI=1S/C19H20N4O2/c24-19-13-5-1-2-7-14(13)20-18(21-19)16-8-4-10-23(16)11-15-12-6-3-9-17(12)25-22-15/h1-2,5,7,16H,3-4,6,8-11H2,(H,20,21,24). The van der Waals surface area contributed by atoms with Gasteiger partial charge in [0.2, 0.25) is 0 Å². The highest BCUT2D eigenvalue weighted by molar-refractivity contribution is 5.77. The third kappa shape index (κ3) is 2.48. The lowest BCUT2D eigenvalue weighted by Crippen LogP contribution is -2.26. The Kier molecular flexibility index (Phi) is 3.45. The largest absolute Gasteiger partial charge is 0.361 e. The number of aromatic amines is 1. The quantitative estimate of drug-likeness (QED) is 0.796. The number of H-pyrrole nitrogens is 1. The molecule has 6 heteroatoms. The van der Waals surface area contributed by atoms with Gasteiger partial charge in [-0.05, 0) is 44.4 Å². The smallest absolute Gasteiger partial charge is 0.258 e. The monoisotopic (exact) mass is 336 g/mol. The lowest BCUT2D eigenvalue weighted by Gasteiger charge is -2.23. The van der Waals surface area contributed by atoms with Gasteiger partial charge in [-0.1, -0.05) is 17.3 Å². The molecular weight excluding hydrogens is 316 g/mol. The second-order valence-corrected chi connectivity index (χ2v) is 6.98. The number of nitrogens with one attached hydrogen (secondary N) is 1. The van der Waals surface area contributed by atoms with Crippen molar-refractivity contribution in [1.29, 1.82) is 0 Å². The fourth-order valence-corrected chi connectivity index (χ4v) is 4.19. The number of aromatic nitrogens is 3. The normalized spacial score (nSPS) is 20.4. The van der Waals surface area contributed by atoms with E-state index in [1.54, 1.807) is 0 Å². The minimum atomic E-state index is -0.0604. The van der Waals surface area contributed by atoms with Crippen molar-refractivity contribution in [3.63, 3.8) is 0 Å². The van der Waals surface area contributed by atoms with Gasteiger partial charge in [-0.3, -0.25) is 9.69 Å². The molecule has 0 bridgehead atoms. The molecular formula is C19H20N4O2. The molecule has 3 aromatic rings. The minimum Gasteiger partial charge on any atom is -0.361 e. The Morgan fingerprint density at radius 3 is 3.12 bits per heavy atom. The van der Waals surface area contributed by atoms with E-state index >= 15 is 0 Å². The van der Waals surface area contributed by atoms with E-state index in [0.29, 0.717) is 5.39 Å². The van der Waals surface area contributed by atoms with Crippen LogP contribution in [0.25, 0.3) is 10.9 Å². The summed E-state index contributed by atoms with van der Waals surface area (Å²) < 4.78 is 5.48. The topological polar surface area (TPSA) is 75.0 Å². The molecule has 1 fully saturated rings. The van der Waals surface area contributed by atoms with Gasteiger partial charge in [-0.15, -0.1) is 0 Å². The van der Waals surface area contributed by atoms with E-state index in [0.717, 1.165) is 68.0 Å². The van der Waals surface area contributed by atoms with Gasteiger partial charge in [-0.2, -0.15) is 0 Å². The van der Waals surface area contributed by atoms with Crippen LogP contribution in [0.3, 0.4) is 0 Å². The average molecular weight is 336 g/mol. The van der Waals surface area contributed by atoms with Crippen LogP contribution in [-0.2, 0) is 19.4 Å². The Hall–Kier alpha value is -2.47. The molecule has 0 radical (unpaired) electrons. The van der Waals surface area contributed by atoms with Crippen LogP contribution in [0.4, 0.5) is 0 Å². The van der Waals surface area contributed by atoms with Gasteiger partial charge < -0.3 is 9.51 Å². The maximum atomic E-state index is 12.4. The molecule has 3 heterocycles. The molecule has 2 aromatic heterocycles. The Bertz CT molecular complexity index is 990. The van der Waals surface area contributed by atoms with Crippen LogP contribution in [0.15, 0.2) is 33.6 Å². The first-order valence-corrected chi connectivity index (χ1v) is 8.99. The number of nitrogens with zero attached hydrogens (tertiary/aromatic N) is 3. The second-order valence-electron chi connectivity index (χ2n) is 6.98. The number of aryl methyl sites for hydroxylation is 1. The van der Waals surface area contributed by atoms with Crippen molar-refractivity contribution in [2.45, 2.75) is 44.7 Å². The molecule has 25 heavy (non-hydrogen) atoms. The maximum absolute atomic E-state index is 12.4. The van der Waals surface area contributed by atoms with Crippen LogP contribution in [0.1, 0.15) is 48.1 Å². The highest BCUT2D eigenvalue weighted by atomic mass is 16.5. The summed E-state index contributed by atoms with van der Waals surface area (Å²) in [6.45, 7) is 1.75. The van der Waals surface area contributed by atoms with E-state index < -0.39 is 0 Å². The summed E-state index contributed by atoms with van der Waals surface area (Å²) in [7, 11) is 0. The summed E-state index contributed by atoms with van der Waals surface area (Å²) in [6, 6.07) is 7.63. The van der Waals surface area contributed by atoms with Crippen molar-refractivity contribution in [3.8, 4) is 0 Å². The van der Waals surface area contributed by atoms with Crippen LogP contribution in [0, 0.1) is 0 Å². The highest BCUT2D eigenvalue weighted by Crippen LogP contribution is 2.33. The lowest BCUT2D eigenvalue weighted by molar-refractivity contribution is 0.231. The van der Waals surface area contributed by atoms with Gasteiger partial charge in [0.1, 0.15) is 17.3 Å². The average Bonchev–Trinajstić information content (AvgIpc) is 3.34. The third-order valence-corrected chi connectivity index (χ3v) is 5.44. The molecule has 1 aliphatic heterocycles. The zero-order valence-corrected chi connectivity index (χ0v) is 14.0. The van der Waals surface area contributed by atoms with Crippen LogP contribution in [-0.4, -0.2) is 26.6 Å². The Morgan fingerprint density at radius 1 is 1.24 bits per heavy atom. The molecule has 1 aliphatic carbocycles. The highest BCUT2D eigenvalue weighted by Gasteiger charge is 2.31. The van der Waals surface area contributed by atoms with Crippen LogP contribution in [0.5, 0.6) is 0 Å². The summed E-state index contributed by atoms with van der Waals surface area (Å²) in [5, 5.41) is 4.93.